The summed E-state index contributed by atoms with van der Waals surface area (Å²) in [6.45, 7) is 1.06. The topological polar surface area (TPSA) is 170 Å². The summed E-state index contributed by atoms with van der Waals surface area (Å²) >= 11 is 0. The summed E-state index contributed by atoms with van der Waals surface area (Å²) in [7, 11) is 0. The van der Waals surface area contributed by atoms with Crippen molar-refractivity contribution in [2.75, 3.05) is 38.3 Å². The van der Waals surface area contributed by atoms with Crippen LogP contribution in [-0.4, -0.2) is 96.7 Å². The van der Waals surface area contributed by atoms with Gasteiger partial charge in [0.05, 0.1) is 49.5 Å². The van der Waals surface area contributed by atoms with Gasteiger partial charge in [-0.1, -0.05) is 12.5 Å². The summed E-state index contributed by atoms with van der Waals surface area (Å²) in [5, 5.41) is 33.9. The molecule has 4 heterocycles. The Kier molecular flexibility index (Phi) is 13.4. The van der Waals surface area contributed by atoms with Crippen LogP contribution in [0.15, 0.2) is 48.0 Å². The molecular weight excluding hydrogens is 780 g/mol. The summed E-state index contributed by atoms with van der Waals surface area (Å²) < 4.78 is 121. The summed E-state index contributed by atoms with van der Waals surface area (Å²) in [6.07, 6.45) is -6.67. The highest BCUT2D eigenvalue weighted by Crippen LogP contribution is 2.42. The molecule has 2 atom stereocenters. The van der Waals surface area contributed by atoms with E-state index in [1.54, 1.807) is 0 Å². The van der Waals surface area contributed by atoms with E-state index >= 15 is 8.78 Å². The summed E-state index contributed by atoms with van der Waals surface area (Å²) in [4.78, 5) is 37.6. The van der Waals surface area contributed by atoms with Gasteiger partial charge in [-0.05, 0) is 57.2 Å². The van der Waals surface area contributed by atoms with Crippen molar-refractivity contribution in [3.63, 3.8) is 0 Å². The normalized spacial score (nSPS) is 18.2. The molecule has 0 bridgehead atoms. The predicted octanol–water partition coefficient (Wildman–Crippen LogP) is 5.73. The van der Waals surface area contributed by atoms with E-state index in [-0.39, 0.29) is 37.5 Å². The number of aliphatic hydroxyl groups is 3. The molecule has 2 aliphatic heterocycles. The zero-order chi connectivity index (χ0) is 41.7. The quantitative estimate of drug-likeness (QED) is 0.0792. The molecular formula is C36H38F8N6O7. The molecule has 21 heteroatoms. The van der Waals surface area contributed by atoms with E-state index in [9.17, 15) is 46.1 Å². The van der Waals surface area contributed by atoms with Gasteiger partial charge in [0.2, 0.25) is 11.6 Å². The van der Waals surface area contributed by atoms with Crippen LogP contribution in [0.2, 0.25) is 0 Å². The number of unbranched alkanes of at least 4 members (excludes halogenated alkanes) is 3. The Morgan fingerprint density at radius 1 is 0.982 bits per heavy atom. The number of hydrogen-bond acceptors (Lipinski definition) is 11. The third-order valence-electron chi connectivity index (χ3n) is 9.34. The van der Waals surface area contributed by atoms with Crippen molar-refractivity contribution in [3.8, 4) is 17.0 Å². The van der Waals surface area contributed by atoms with Crippen LogP contribution in [0.3, 0.4) is 0 Å². The molecule has 2 aliphatic rings. The van der Waals surface area contributed by atoms with E-state index in [1.165, 1.54) is 24.1 Å². The monoisotopic (exact) mass is 818 g/mol. The van der Waals surface area contributed by atoms with Crippen molar-refractivity contribution in [3.05, 3.63) is 76.7 Å². The minimum absolute atomic E-state index is 0.0112. The second-order valence-corrected chi connectivity index (χ2v) is 13.4. The number of nitrogens with zero attached hydrogens (tertiary/aromatic N) is 5. The van der Waals surface area contributed by atoms with Crippen molar-refractivity contribution in [1.82, 2.24) is 25.0 Å². The van der Waals surface area contributed by atoms with Crippen molar-refractivity contribution >= 4 is 17.5 Å². The predicted molar refractivity (Wildman–Crippen MR) is 183 cm³/mol. The average molecular weight is 819 g/mol. The van der Waals surface area contributed by atoms with E-state index in [1.807, 2.05) is 0 Å². The van der Waals surface area contributed by atoms with E-state index in [2.05, 4.69) is 20.3 Å². The number of aliphatic hydroxyl groups excluding tert-OH is 3. The Labute approximate surface area is 319 Å². The van der Waals surface area contributed by atoms with Crippen molar-refractivity contribution in [2.45, 2.75) is 76.0 Å². The number of hydrazine groups is 1. The molecule has 1 aromatic carbocycles. The number of carbonyl (C=O) groups excluding carboxylic acids is 2. The van der Waals surface area contributed by atoms with E-state index in [4.69, 9.17) is 14.6 Å². The lowest BCUT2D eigenvalue weighted by Gasteiger charge is -2.46. The second kappa shape index (κ2) is 17.7. The number of pyridine rings is 1. The molecule has 0 radical (unpaired) electrons. The van der Waals surface area contributed by atoms with Crippen LogP contribution >= 0.6 is 0 Å². The number of anilines is 1. The molecule has 1 fully saturated rings. The Bertz CT molecular complexity index is 1960. The lowest BCUT2D eigenvalue weighted by atomic mass is 9.90. The lowest BCUT2D eigenvalue weighted by Crippen LogP contribution is -2.60. The third kappa shape index (κ3) is 9.77. The summed E-state index contributed by atoms with van der Waals surface area (Å²) in [5.41, 5.74) is -5.66. The van der Waals surface area contributed by atoms with Crippen molar-refractivity contribution < 1.29 is 69.5 Å². The summed E-state index contributed by atoms with van der Waals surface area (Å²) in [5.74, 6) is -8.01. The van der Waals surface area contributed by atoms with Gasteiger partial charge in [0.1, 0.15) is 23.1 Å². The molecule has 1 saturated heterocycles. The van der Waals surface area contributed by atoms with Crippen LogP contribution in [0.1, 0.15) is 62.5 Å². The third-order valence-corrected chi connectivity index (χ3v) is 9.34. The highest BCUT2D eigenvalue weighted by atomic mass is 19.4. The fraction of sp³-hybridized carbons (Fsp3) is 0.472. The van der Waals surface area contributed by atoms with Gasteiger partial charge in [-0.25, -0.2) is 19.4 Å². The summed E-state index contributed by atoms with van der Waals surface area (Å²) in [6, 6.07) is 3.62. The number of hydrogen-bond donors (Lipinski definition) is 4. The standard InChI is InChI=1S/C36H38F8N6O7/c1-34-11-6-12-50(34)49(17-21-7-9-24(28(38)27(21)37)57-14-5-3-2-4-13-56-19-22(52)18-51)32(55)26(30(34)53)31(54)47-23-16-46-33(36(42,43)44)48-29(23)20-8-10-25(45-15-20)35(39,40)41/h7-10,15-16,22,51-53H,2-6,11-14,17-19H2,1H3,(H,47,54)/t22?,34-/m1/s1. The molecule has 57 heavy (non-hydrogen) atoms. The average Bonchev–Trinajstić information content (AvgIpc) is 3.57. The van der Waals surface area contributed by atoms with Crippen LogP contribution in [0.25, 0.3) is 11.3 Å². The Balaban J connectivity index is 1.33. The van der Waals surface area contributed by atoms with E-state index < -0.39 is 100 Å². The SMILES string of the molecule is C[C@]12CCCN1N(Cc1ccc(OCCCCCCOCC(O)CO)c(F)c1F)C(=O)C(C(=O)Nc1cnc(C(F)(F)F)nc1-c1ccc(C(F)(F)F)nc1)=C2O. The minimum atomic E-state index is -5.11. The van der Waals surface area contributed by atoms with E-state index in [0.717, 1.165) is 17.5 Å². The Morgan fingerprint density at radius 2 is 1.70 bits per heavy atom. The van der Waals surface area contributed by atoms with Crippen molar-refractivity contribution in [1.29, 1.82) is 0 Å². The van der Waals surface area contributed by atoms with Gasteiger partial charge in [0.25, 0.3) is 11.8 Å². The van der Waals surface area contributed by atoms with Gasteiger partial charge in [-0.15, -0.1) is 0 Å². The number of aromatic nitrogens is 3. The molecule has 5 rings (SSSR count). The lowest BCUT2D eigenvalue weighted by molar-refractivity contribution is -0.160. The van der Waals surface area contributed by atoms with Gasteiger partial charge in [-0.2, -0.15) is 30.7 Å². The van der Waals surface area contributed by atoms with Gasteiger partial charge in [0, 0.05) is 30.5 Å². The highest BCUT2D eigenvalue weighted by Gasteiger charge is 2.53. The number of ether oxygens (including phenoxy) is 2. The van der Waals surface area contributed by atoms with Gasteiger partial charge >= 0.3 is 12.4 Å². The number of rotatable bonds is 16. The van der Waals surface area contributed by atoms with Crippen LogP contribution in [-0.2, 0) is 33.2 Å². The van der Waals surface area contributed by atoms with Gasteiger partial charge in [-0.3, -0.25) is 19.6 Å². The minimum Gasteiger partial charge on any atom is -0.509 e. The molecule has 0 spiro atoms. The second-order valence-electron chi connectivity index (χ2n) is 13.4. The maximum atomic E-state index is 15.5. The number of alkyl halides is 6. The first-order chi connectivity index (χ1) is 26.9. The molecule has 0 saturated carbocycles. The fourth-order valence-electron chi connectivity index (χ4n) is 6.34. The maximum absolute atomic E-state index is 15.5. The first-order valence-corrected chi connectivity index (χ1v) is 17.7. The molecule has 310 valence electrons. The van der Waals surface area contributed by atoms with Crippen LogP contribution in [0, 0.1) is 11.6 Å². The highest BCUT2D eigenvalue weighted by molar-refractivity contribution is 6.24. The van der Waals surface area contributed by atoms with E-state index in [0.29, 0.717) is 50.8 Å². The Hall–Kier alpha value is -4.99. The largest absolute Gasteiger partial charge is 0.509 e. The molecule has 13 nitrogen and oxygen atoms in total. The molecule has 3 aromatic rings. The first kappa shape index (κ1) is 43.1. The van der Waals surface area contributed by atoms with Crippen molar-refractivity contribution in [2.24, 2.45) is 0 Å². The number of halogens is 8. The van der Waals surface area contributed by atoms with Crippen LogP contribution in [0.4, 0.5) is 40.8 Å². The zero-order valence-corrected chi connectivity index (χ0v) is 30.3. The fourth-order valence-corrected chi connectivity index (χ4v) is 6.34. The number of nitrogens with one attached hydrogen (secondary N) is 1. The number of fused-ring (bicyclic) bond motifs is 1. The molecule has 0 aliphatic carbocycles. The maximum Gasteiger partial charge on any atom is 0.451 e. The number of carbonyl (C=O) groups is 2. The van der Waals surface area contributed by atoms with Crippen LogP contribution < -0.4 is 10.1 Å². The number of benzene rings is 1. The Morgan fingerprint density at radius 3 is 2.35 bits per heavy atom. The number of amides is 2. The molecule has 2 aromatic heterocycles. The molecule has 2 amide bonds. The smallest absolute Gasteiger partial charge is 0.451 e. The van der Waals surface area contributed by atoms with Gasteiger partial charge in [0.15, 0.2) is 11.6 Å². The van der Waals surface area contributed by atoms with Gasteiger partial charge < -0.3 is 30.1 Å². The van der Waals surface area contributed by atoms with Crippen LogP contribution in [0.5, 0.6) is 5.75 Å². The molecule has 4 N–H and O–H groups in total. The zero-order valence-electron chi connectivity index (χ0n) is 30.3. The first-order valence-electron chi connectivity index (χ1n) is 17.7. The molecule has 1 unspecified atom stereocenters.